The van der Waals surface area contributed by atoms with Gasteiger partial charge in [0.25, 0.3) is 0 Å². The van der Waals surface area contributed by atoms with Gasteiger partial charge in [0.1, 0.15) is 11.6 Å². The minimum absolute atomic E-state index is 0.0802. The van der Waals surface area contributed by atoms with Crippen molar-refractivity contribution in [2.45, 2.75) is 23.3 Å². The number of hydrogen-bond acceptors (Lipinski definition) is 4. The molecule has 4 nitrogen and oxygen atoms in total. The lowest BCUT2D eigenvalue weighted by Crippen LogP contribution is -2.26. The van der Waals surface area contributed by atoms with E-state index in [9.17, 15) is 12.8 Å². The predicted molar refractivity (Wildman–Crippen MR) is 94.6 cm³/mol. The monoisotopic (exact) mass is 369 g/mol. The third kappa shape index (κ3) is 3.91. The van der Waals surface area contributed by atoms with Gasteiger partial charge in [0.15, 0.2) is 0 Å². The summed E-state index contributed by atoms with van der Waals surface area (Å²) in [6.45, 7) is 1.74. The number of rotatable bonds is 6. The molecule has 0 fully saturated rings. The molecule has 2 rings (SSSR count). The number of nitrogens with zero attached hydrogens (tertiary/aromatic N) is 1. The van der Waals surface area contributed by atoms with Crippen molar-refractivity contribution in [1.82, 2.24) is 4.31 Å². The molecule has 0 aromatic heterocycles. The van der Waals surface area contributed by atoms with Gasteiger partial charge in [-0.2, -0.15) is 4.31 Å². The van der Waals surface area contributed by atoms with Crippen LogP contribution in [0.3, 0.4) is 0 Å². The summed E-state index contributed by atoms with van der Waals surface area (Å²) in [6, 6.07) is 9.40. The van der Waals surface area contributed by atoms with E-state index in [0.29, 0.717) is 11.3 Å². The van der Waals surface area contributed by atoms with Crippen LogP contribution >= 0.6 is 11.8 Å². The zero-order valence-corrected chi connectivity index (χ0v) is 15.7. The van der Waals surface area contributed by atoms with Crippen LogP contribution in [0.2, 0.25) is 0 Å². The summed E-state index contributed by atoms with van der Waals surface area (Å²) >= 11 is 1.56. The molecule has 0 aliphatic carbocycles. The molecular weight excluding hydrogens is 349 g/mol. The quantitative estimate of drug-likeness (QED) is 0.729. The first-order valence-corrected chi connectivity index (χ1v) is 9.89. The molecule has 0 saturated carbocycles. The van der Waals surface area contributed by atoms with Crippen molar-refractivity contribution >= 4 is 21.8 Å². The number of aryl methyl sites for hydroxylation is 1. The average molecular weight is 369 g/mol. The Kier molecular flexibility index (Phi) is 5.90. The Morgan fingerprint density at radius 2 is 1.92 bits per heavy atom. The SMILES string of the molecule is COc1cc(CN(C)S(=O)(=O)c2ccc(F)c(C)c2)ccc1SC. The van der Waals surface area contributed by atoms with Crippen molar-refractivity contribution in [3.05, 3.63) is 53.3 Å². The standard InChI is InChI=1S/C17H20FNO3S2/c1-12-9-14(6-7-15(12)18)24(20,21)19(2)11-13-5-8-17(23-4)16(10-13)22-3/h5-10H,11H2,1-4H3. The molecule has 0 unspecified atom stereocenters. The van der Waals surface area contributed by atoms with Crippen LogP contribution in [0.4, 0.5) is 4.39 Å². The molecule has 24 heavy (non-hydrogen) atoms. The molecule has 0 spiro atoms. The van der Waals surface area contributed by atoms with Gasteiger partial charge in [0.2, 0.25) is 10.0 Å². The van der Waals surface area contributed by atoms with E-state index in [-0.39, 0.29) is 11.4 Å². The van der Waals surface area contributed by atoms with E-state index in [4.69, 9.17) is 4.74 Å². The molecule has 0 aliphatic heterocycles. The first-order valence-electron chi connectivity index (χ1n) is 7.23. The number of hydrogen-bond donors (Lipinski definition) is 0. The van der Waals surface area contributed by atoms with E-state index in [1.807, 2.05) is 24.5 Å². The Morgan fingerprint density at radius 3 is 2.50 bits per heavy atom. The van der Waals surface area contributed by atoms with Gasteiger partial charge in [0.05, 0.1) is 12.0 Å². The summed E-state index contributed by atoms with van der Waals surface area (Å²) in [7, 11) is -0.604. The number of ether oxygens (including phenoxy) is 1. The maximum Gasteiger partial charge on any atom is 0.243 e. The molecule has 0 heterocycles. The molecule has 2 aromatic rings. The predicted octanol–water partition coefficient (Wildman–Crippen LogP) is 3.69. The van der Waals surface area contributed by atoms with Crippen LogP contribution in [0.25, 0.3) is 0 Å². The number of sulfonamides is 1. The number of benzene rings is 2. The summed E-state index contributed by atoms with van der Waals surface area (Å²) in [4.78, 5) is 1.07. The second kappa shape index (κ2) is 7.55. The van der Waals surface area contributed by atoms with Crippen molar-refractivity contribution in [1.29, 1.82) is 0 Å². The Balaban J connectivity index is 2.27. The van der Waals surface area contributed by atoms with Crippen LogP contribution in [0.1, 0.15) is 11.1 Å². The van der Waals surface area contributed by atoms with E-state index in [0.717, 1.165) is 10.5 Å². The first kappa shape index (κ1) is 18.8. The fraction of sp³-hybridized carbons (Fsp3) is 0.294. The van der Waals surface area contributed by atoms with Crippen LogP contribution < -0.4 is 4.74 Å². The highest BCUT2D eigenvalue weighted by Crippen LogP contribution is 2.29. The Labute approximate surface area is 146 Å². The lowest BCUT2D eigenvalue weighted by atomic mass is 10.2. The lowest BCUT2D eigenvalue weighted by molar-refractivity contribution is 0.402. The van der Waals surface area contributed by atoms with Crippen LogP contribution in [-0.4, -0.2) is 33.1 Å². The van der Waals surface area contributed by atoms with Crippen molar-refractivity contribution in [3.63, 3.8) is 0 Å². The molecule has 130 valence electrons. The normalized spacial score (nSPS) is 11.8. The molecule has 0 N–H and O–H groups in total. The highest BCUT2D eigenvalue weighted by atomic mass is 32.2. The second-order valence-corrected chi connectivity index (χ2v) is 8.25. The summed E-state index contributed by atoms with van der Waals surface area (Å²) in [5.74, 6) is 0.289. The zero-order chi connectivity index (χ0) is 17.9. The molecule has 0 radical (unpaired) electrons. The summed E-state index contributed by atoms with van der Waals surface area (Å²) in [5, 5.41) is 0. The maximum atomic E-state index is 13.4. The van der Waals surface area contributed by atoms with E-state index in [2.05, 4.69) is 0 Å². The van der Waals surface area contributed by atoms with Crippen molar-refractivity contribution in [2.24, 2.45) is 0 Å². The second-order valence-electron chi connectivity index (χ2n) is 5.36. The van der Waals surface area contributed by atoms with Gasteiger partial charge in [-0.25, -0.2) is 12.8 Å². The average Bonchev–Trinajstić information content (AvgIpc) is 2.56. The van der Waals surface area contributed by atoms with Gasteiger partial charge >= 0.3 is 0 Å². The van der Waals surface area contributed by atoms with Crippen molar-refractivity contribution < 1.29 is 17.5 Å². The molecule has 0 atom stereocenters. The Morgan fingerprint density at radius 1 is 1.21 bits per heavy atom. The molecule has 0 aliphatic rings. The van der Waals surface area contributed by atoms with E-state index in [1.165, 1.54) is 29.6 Å². The first-order chi connectivity index (χ1) is 11.3. The topological polar surface area (TPSA) is 46.6 Å². The van der Waals surface area contributed by atoms with Crippen LogP contribution in [0, 0.1) is 12.7 Å². The van der Waals surface area contributed by atoms with Crippen molar-refractivity contribution in [2.75, 3.05) is 20.4 Å². The fourth-order valence-electron chi connectivity index (χ4n) is 2.28. The fourth-order valence-corrected chi connectivity index (χ4v) is 4.07. The van der Waals surface area contributed by atoms with Crippen LogP contribution in [-0.2, 0) is 16.6 Å². The van der Waals surface area contributed by atoms with E-state index < -0.39 is 15.8 Å². The van der Waals surface area contributed by atoms with Gasteiger partial charge in [-0.05, 0) is 54.6 Å². The Bertz CT molecular complexity index is 838. The van der Waals surface area contributed by atoms with E-state index in [1.54, 1.807) is 25.8 Å². The zero-order valence-electron chi connectivity index (χ0n) is 14.0. The highest BCUT2D eigenvalue weighted by molar-refractivity contribution is 7.98. The molecule has 2 aromatic carbocycles. The minimum atomic E-state index is -3.69. The van der Waals surface area contributed by atoms with Crippen LogP contribution in [0.5, 0.6) is 5.75 Å². The van der Waals surface area contributed by atoms with Gasteiger partial charge in [0, 0.05) is 18.5 Å². The van der Waals surface area contributed by atoms with Gasteiger partial charge in [-0.3, -0.25) is 0 Å². The molecule has 7 heteroatoms. The third-order valence-electron chi connectivity index (χ3n) is 3.69. The van der Waals surface area contributed by atoms with Gasteiger partial charge < -0.3 is 4.74 Å². The molecule has 0 amide bonds. The number of methoxy groups -OCH3 is 1. The highest BCUT2D eigenvalue weighted by Gasteiger charge is 2.22. The molecule has 0 saturated heterocycles. The van der Waals surface area contributed by atoms with Gasteiger partial charge in [-0.15, -0.1) is 11.8 Å². The summed E-state index contributed by atoms with van der Waals surface area (Å²) in [6.07, 6.45) is 1.95. The minimum Gasteiger partial charge on any atom is -0.496 e. The van der Waals surface area contributed by atoms with Crippen molar-refractivity contribution in [3.8, 4) is 5.75 Å². The largest absolute Gasteiger partial charge is 0.496 e. The smallest absolute Gasteiger partial charge is 0.243 e. The van der Waals surface area contributed by atoms with E-state index >= 15 is 0 Å². The third-order valence-corrected chi connectivity index (χ3v) is 6.27. The number of halogens is 1. The van der Waals surface area contributed by atoms with Crippen LogP contribution in [0.15, 0.2) is 46.2 Å². The van der Waals surface area contributed by atoms with Gasteiger partial charge in [-0.1, -0.05) is 6.07 Å². The Hall–Kier alpha value is -1.57. The lowest BCUT2D eigenvalue weighted by Gasteiger charge is -2.18. The molecular formula is C17H20FNO3S2. The summed E-state index contributed by atoms with van der Waals surface area (Å²) in [5.41, 5.74) is 1.12. The number of thioether (sulfide) groups is 1. The molecule has 0 bridgehead atoms. The summed E-state index contributed by atoms with van der Waals surface area (Å²) < 4.78 is 45.2. The maximum absolute atomic E-state index is 13.4.